The fourth-order valence-corrected chi connectivity index (χ4v) is 4.15. The molecule has 4 aromatic rings. The fourth-order valence-electron chi connectivity index (χ4n) is 4.15. The van der Waals surface area contributed by atoms with Crippen LogP contribution < -0.4 is 5.73 Å². The van der Waals surface area contributed by atoms with Crippen LogP contribution in [-0.2, 0) is 0 Å². The SMILES string of the molecule is CC.CC(C)c1c(-c2cc(F)c(C(=O)O)c(F)c2)c2cc(N)c(C=N)cc2n1-c1ccc(F)cc1. The first kappa shape index (κ1) is 25.6. The Hall–Kier alpha value is -4.07. The number of nitrogens with two attached hydrogens (primary N) is 1. The third kappa shape index (κ3) is 4.51. The van der Waals surface area contributed by atoms with Crippen LogP contribution in [0, 0.1) is 22.9 Å². The van der Waals surface area contributed by atoms with E-state index in [9.17, 15) is 18.0 Å². The van der Waals surface area contributed by atoms with E-state index in [0.717, 1.165) is 18.3 Å². The van der Waals surface area contributed by atoms with Gasteiger partial charge < -0.3 is 20.8 Å². The minimum absolute atomic E-state index is 0.145. The van der Waals surface area contributed by atoms with Crippen molar-refractivity contribution in [2.24, 2.45) is 0 Å². The second-order valence-electron chi connectivity index (χ2n) is 7.99. The number of nitrogens with zero attached hydrogens (tertiary/aromatic N) is 1. The second-order valence-corrected chi connectivity index (χ2v) is 7.99. The summed E-state index contributed by atoms with van der Waals surface area (Å²) >= 11 is 0. The molecular weight excluding hydrogens is 455 g/mol. The lowest BCUT2D eigenvalue weighted by molar-refractivity contribution is 0.0686. The second kappa shape index (κ2) is 10.0. The number of benzene rings is 3. The van der Waals surface area contributed by atoms with E-state index in [1.165, 1.54) is 12.1 Å². The van der Waals surface area contributed by atoms with Gasteiger partial charge in [0.15, 0.2) is 0 Å². The number of carboxylic acids is 1. The van der Waals surface area contributed by atoms with E-state index in [0.29, 0.717) is 39.1 Å². The van der Waals surface area contributed by atoms with Crippen molar-refractivity contribution in [2.45, 2.75) is 33.6 Å². The van der Waals surface area contributed by atoms with Crippen molar-refractivity contribution in [3.63, 3.8) is 0 Å². The Morgan fingerprint density at radius 2 is 1.60 bits per heavy atom. The third-order valence-electron chi connectivity index (χ3n) is 5.54. The summed E-state index contributed by atoms with van der Waals surface area (Å²) in [7, 11) is 0. The van der Waals surface area contributed by atoms with Crippen molar-refractivity contribution < 1.29 is 23.1 Å². The Morgan fingerprint density at radius 1 is 1.03 bits per heavy atom. The Balaban J connectivity index is 0.00000167. The summed E-state index contributed by atoms with van der Waals surface area (Å²) in [6, 6.07) is 11.1. The van der Waals surface area contributed by atoms with Gasteiger partial charge in [-0.25, -0.2) is 18.0 Å². The van der Waals surface area contributed by atoms with E-state index in [2.05, 4.69) is 0 Å². The van der Waals surface area contributed by atoms with E-state index in [-0.39, 0.29) is 11.5 Å². The monoisotopic (exact) mass is 481 g/mol. The molecule has 0 bridgehead atoms. The normalized spacial score (nSPS) is 10.9. The minimum Gasteiger partial charge on any atom is -0.477 e. The smallest absolute Gasteiger partial charge is 0.341 e. The van der Waals surface area contributed by atoms with Crippen LogP contribution in [-0.4, -0.2) is 21.9 Å². The van der Waals surface area contributed by atoms with Crippen LogP contribution in [0.3, 0.4) is 0 Å². The Morgan fingerprint density at radius 3 is 2.09 bits per heavy atom. The van der Waals surface area contributed by atoms with Crippen molar-refractivity contribution in [3.8, 4) is 16.8 Å². The molecule has 0 amide bonds. The van der Waals surface area contributed by atoms with Crippen molar-refractivity contribution in [2.75, 3.05) is 5.73 Å². The highest BCUT2D eigenvalue weighted by Gasteiger charge is 2.26. The number of hydrogen-bond acceptors (Lipinski definition) is 3. The molecular formula is C27H26F3N3O2. The van der Waals surface area contributed by atoms with Gasteiger partial charge in [0.25, 0.3) is 0 Å². The molecule has 8 heteroatoms. The first-order valence-electron chi connectivity index (χ1n) is 11.1. The minimum atomic E-state index is -1.70. The van der Waals surface area contributed by atoms with Crippen LogP contribution in [0.25, 0.3) is 27.7 Å². The van der Waals surface area contributed by atoms with Gasteiger partial charge in [0.1, 0.15) is 23.0 Å². The zero-order chi connectivity index (χ0) is 26.0. The van der Waals surface area contributed by atoms with Gasteiger partial charge in [-0.2, -0.15) is 0 Å². The number of fused-ring (bicyclic) bond motifs is 1. The molecule has 0 atom stereocenters. The summed E-state index contributed by atoms with van der Waals surface area (Å²) in [6.45, 7) is 7.80. The molecule has 0 saturated heterocycles. The highest BCUT2D eigenvalue weighted by molar-refractivity contribution is 6.05. The van der Waals surface area contributed by atoms with E-state index >= 15 is 0 Å². The van der Waals surface area contributed by atoms with E-state index in [1.807, 2.05) is 32.3 Å². The van der Waals surface area contributed by atoms with Gasteiger partial charge in [-0.05, 0) is 60.0 Å². The molecule has 1 heterocycles. The number of nitrogens with one attached hydrogen (secondary N) is 1. The fraction of sp³-hybridized carbons (Fsp3) is 0.185. The molecule has 0 aliphatic heterocycles. The average Bonchev–Trinajstić information content (AvgIpc) is 3.13. The van der Waals surface area contributed by atoms with Crippen molar-refractivity contribution >= 4 is 28.8 Å². The lowest BCUT2D eigenvalue weighted by atomic mass is 9.95. The quantitative estimate of drug-likeness (QED) is 0.209. The zero-order valence-corrected chi connectivity index (χ0v) is 19.8. The van der Waals surface area contributed by atoms with Crippen LogP contribution in [0.2, 0.25) is 0 Å². The predicted molar refractivity (Wildman–Crippen MR) is 133 cm³/mol. The Kier molecular flexibility index (Phi) is 7.34. The van der Waals surface area contributed by atoms with Crippen LogP contribution in [0.5, 0.6) is 0 Å². The molecule has 0 saturated carbocycles. The van der Waals surface area contributed by atoms with E-state index in [1.54, 1.807) is 24.3 Å². The van der Waals surface area contributed by atoms with Crippen molar-refractivity contribution in [3.05, 3.63) is 82.8 Å². The molecule has 4 rings (SSSR count). The maximum Gasteiger partial charge on any atom is 0.341 e. The Labute approximate surface area is 201 Å². The molecule has 3 aromatic carbocycles. The molecule has 0 radical (unpaired) electrons. The molecule has 0 unspecified atom stereocenters. The summed E-state index contributed by atoms with van der Waals surface area (Å²) in [5.41, 5.74) is 8.35. The van der Waals surface area contributed by atoms with Crippen LogP contribution in [0.1, 0.15) is 55.2 Å². The third-order valence-corrected chi connectivity index (χ3v) is 5.54. The number of carbonyl (C=O) groups is 1. The average molecular weight is 482 g/mol. The summed E-state index contributed by atoms with van der Waals surface area (Å²) in [5.74, 6) is -4.67. The molecule has 0 aliphatic carbocycles. The van der Waals surface area contributed by atoms with Crippen LogP contribution >= 0.6 is 0 Å². The topological polar surface area (TPSA) is 92.1 Å². The highest BCUT2D eigenvalue weighted by Crippen LogP contribution is 2.42. The molecule has 0 spiro atoms. The lowest BCUT2D eigenvalue weighted by Crippen LogP contribution is -2.06. The molecule has 35 heavy (non-hydrogen) atoms. The van der Waals surface area contributed by atoms with Gasteiger partial charge in [0.2, 0.25) is 0 Å². The maximum absolute atomic E-state index is 14.6. The van der Waals surface area contributed by atoms with Crippen LogP contribution in [0.15, 0.2) is 48.5 Å². The Bertz CT molecular complexity index is 1400. The van der Waals surface area contributed by atoms with Gasteiger partial charge >= 0.3 is 5.97 Å². The van der Waals surface area contributed by atoms with Crippen molar-refractivity contribution in [1.29, 1.82) is 5.41 Å². The number of aromatic nitrogens is 1. The standard InChI is InChI=1S/C25H20F3N3O2.C2H6/c1-12(2)24-22(13-7-18(27)23(25(32)33)19(28)8-13)17-10-20(30)14(11-29)9-21(17)31(24)16-5-3-15(26)4-6-16;1-2/h3-12,29H,30H2,1-2H3,(H,32,33);1-2H3. The first-order chi connectivity index (χ1) is 16.6. The van der Waals surface area contributed by atoms with Crippen molar-refractivity contribution in [1.82, 2.24) is 4.57 Å². The van der Waals surface area contributed by atoms with Gasteiger partial charge in [0, 0.05) is 39.8 Å². The molecule has 182 valence electrons. The van der Waals surface area contributed by atoms with E-state index < -0.39 is 29.0 Å². The summed E-state index contributed by atoms with van der Waals surface area (Å²) in [4.78, 5) is 11.3. The maximum atomic E-state index is 14.6. The lowest BCUT2D eigenvalue weighted by Gasteiger charge is -2.16. The number of hydrogen-bond donors (Lipinski definition) is 3. The summed E-state index contributed by atoms with van der Waals surface area (Å²) in [5, 5.41) is 17.4. The van der Waals surface area contributed by atoms with Gasteiger partial charge in [0.05, 0.1) is 5.52 Å². The molecule has 1 aromatic heterocycles. The van der Waals surface area contributed by atoms with E-state index in [4.69, 9.17) is 16.2 Å². The van der Waals surface area contributed by atoms with Gasteiger partial charge in [-0.1, -0.05) is 27.7 Å². The number of aromatic carboxylic acids is 1. The number of nitrogen functional groups attached to an aromatic ring is 1. The van der Waals surface area contributed by atoms with Gasteiger partial charge in [-0.15, -0.1) is 0 Å². The molecule has 0 aliphatic rings. The highest BCUT2D eigenvalue weighted by atomic mass is 19.1. The van der Waals surface area contributed by atoms with Gasteiger partial charge in [-0.3, -0.25) is 0 Å². The number of carboxylic acid groups (broad SMARTS) is 1. The zero-order valence-electron chi connectivity index (χ0n) is 19.8. The molecule has 5 nitrogen and oxygen atoms in total. The summed E-state index contributed by atoms with van der Waals surface area (Å²) < 4.78 is 44.7. The summed E-state index contributed by atoms with van der Waals surface area (Å²) in [6.07, 6.45) is 1.10. The molecule has 4 N–H and O–H groups in total. The predicted octanol–water partition coefficient (Wildman–Crippen LogP) is 7.14. The number of anilines is 1. The first-order valence-corrected chi connectivity index (χ1v) is 11.1. The van der Waals surface area contributed by atoms with Crippen LogP contribution in [0.4, 0.5) is 18.9 Å². The number of rotatable bonds is 5. The largest absolute Gasteiger partial charge is 0.477 e. The molecule has 0 fully saturated rings. The number of halogens is 3.